The van der Waals surface area contributed by atoms with Gasteiger partial charge in [0.05, 0.1) is 18.6 Å². The zero-order valence-corrected chi connectivity index (χ0v) is 11.8. The standard InChI is InChI=1S/C16H12ClF2NO/c17-13-3-1-2-11(8-13)12(10-20)6-7-21-16-5-4-14(18)9-15(16)19/h1-5,8-9,12H,6-7H2. The first-order chi connectivity index (χ1) is 10.1. The van der Waals surface area contributed by atoms with E-state index < -0.39 is 17.6 Å². The van der Waals surface area contributed by atoms with Gasteiger partial charge in [-0.1, -0.05) is 23.7 Å². The molecule has 1 atom stereocenters. The molecule has 0 spiro atoms. The summed E-state index contributed by atoms with van der Waals surface area (Å²) in [6.07, 6.45) is 0.383. The Kier molecular flexibility index (Phi) is 5.13. The van der Waals surface area contributed by atoms with Crippen molar-refractivity contribution < 1.29 is 13.5 Å². The number of ether oxygens (including phenoxy) is 1. The van der Waals surface area contributed by atoms with Crippen molar-refractivity contribution in [3.05, 3.63) is 64.7 Å². The van der Waals surface area contributed by atoms with E-state index in [9.17, 15) is 14.0 Å². The van der Waals surface area contributed by atoms with Crippen molar-refractivity contribution in [3.8, 4) is 11.8 Å². The molecule has 0 aliphatic carbocycles. The van der Waals surface area contributed by atoms with E-state index in [1.807, 2.05) is 0 Å². The lowest BCUT2D eigenvalue weighted by Crippen LogP contribution is -2.05. The van der Waals surface area contributed by atoms with Gasteiger partial charge in [0.25, 0.3) is 0 Å². The van der Waals surface area contributed by atoms with Crippen LogP contribution < -0.4 is 4.74 Å². The highest BCUT2D eigenvalue weighted by molar-refractivity contribution is 6.30. The number of nitriles is 1. The molecule has 0 heterocycles. The average Bonchev–Trinajstić information content (AvgIpc) is 2.45. The fourth-order valence-electron chi connectivity index (χ4n) is 1.91. The van der Waals surface area contributed by atoms with E-state index in [1.54, 1.807) is 24.3 Å². The molecule has 0 aromatic heterocycles. The van der Waals surface area contributed by atoms with Gasteiger partial charge in [0.1, 0.15) is 5.82 Å². The number of hydrogen-bond acceptors (Lipinski definition) is 2. The third kappa shape index (κ3) is 4.17. The molecule has 2 aromatic rings. The minimum atomic E-state index is -0.758. The maximum absolute atomic E-state index is 13.4. The van der Waals surface area contributed by atoms with Gasteiger partial charge in [-0.15, -0.1) is 0 Å². The first kappa shape index (κ1) is 15.3. The van der Waals surface area contributed by atoms with Gasteiger partial charge in [0, 0.05) is 17.5 Å². The Morgan fingerprint density at radius 1 is 1.19 bits per heavy atom. The van der Waals surface area contributed by atoms with E-state index in [0.717, 1.165) is 17.7 Å². The van der Waals surface area contributed by atoms with Crippen LogP contribution in [0.4, 0.5) is 8.78 Å². The molecule has 0 N–H and O–H groups in total. The number of halogens is 3. The summed E-state index contributed by atoms with van der Waals surface area (Å²) in [7, 11) is 0. The molecule has 0 bridgehead atoms. The van der Waals surface area contributed by atoms with Crippen LogP contribution in [-0.2, 0) is 0 Å². The lowest BCUT2D eigenvalue weighted by atomic mass is 9.98. The summed E-state index contributed by atoms with van der Waals surface area (Å²) in [4.78, 5) is 0. The predicted molar refractivity (Wildman–Crippen MR) is 76.3 cm³/mol. The maximum Gasteiger partial charge on any atom is 0.167 e. The minimum Gasteiger partial charge on any atom is -0.490 e. The molecule has 0 amide bonds. The lowest BCUT2D eigenvalue weighted by molar-refractivity contribution is 0.290. The second-order valence-electron chi connectivity index (χ2n) is 4.45. The number of nitrogens with zero attached hydrogens (tertiary/aromatic N) is 1. The molecular weight excluding hydrogens is 296 g/mol. The normalized spacial score (nSPS) is 11.7. The molecule has 0 fully saturated rings. The summed E-state index contributed by atoms with van der Waals surface area (Å²) < 4.78 is 31.4. The van der Waals surface area contributed by atoms with Gasteiger partial charge in [-0.25, -0.2) is 8.78 Å². The number of rotatable bonds is 5. The van der Waals surface area contributed by atoms with Crippen LogP contribution in [0.15, 0.2) is 42.5 Å². The highest BCUT2D eigenvalue weighted by Crippen LogP contribution is 2.23. The van der Waals surface area contributed by atoms with Crippen LogP contribution in [0.25, 0.3) is 0 Å². The maximum atomic E-state index is 13.4. The third-order valence-electron chi connectivity index (χ3n) is 2.96. The molecule has 2 rings (SSSR count). The molecule has 21 heavy (non-hydrogen) atoms. The van der Waals surface area contributed by atoms with Crippen LogP contribution in [-0.4, -0.2) is 6.61 Å². The minimum absolute atomic E-state index is 0.0285. The highest BCUT2D eigenvalue weighted by atomic mass is 35.5. The van der Waals surface area contributed by atoms with Crippen molar-refractivity contribution in [2.75, 3.05) is 6.61 Å². The van der Waals surface area contributed by atoms with Gasteiger partial charge < -0.3 is 4.74 Å². The van der Waals surface area contributed by atoms with Crippen LogP contribution in [0.2, 0.25) is 5.02 Å². The van der Waals surface area contributed by atoms with Gasteiger partial charge in [-0.3, -0.25) is 0 Å². The van der Waals surface area contributed by atoms with Crippen LogP contribution in [0.3, 0.4) is 0 Å². The summed E-state index contributed by atoms with van der Waals surface area (Å²) in [6.45, 7) is 0.146. The van der Waals surface area contributed by atoms with Gasteiger partial charge >= 0.3 is 0 Å². The monoisotopic (exact) mass is 307 g/mol. The molecule has 0 saturated heterocycles. The van der Waals surface area contributed by atoms with Crippen molar-refractivity contribution in [3.63, 3.8) is 0 Å². The van der Waals surface area contributed by atoms with Gasteiger partial charge in [-0.2, -0.15) is 5.26 Å². The van der Waals surface area contributed by atoms with Crippen LogP contribution >= 0.6 is 11.6 Å². The highest BCUT2D eigenvalue weighted by Gasteiger charge is 2.12. The SMILES string of the molecule is N#CC(CCOc1ccc(F)cc1F)c1cccc(Cl)c1. The summed E-state index contributed by atoms with van der Waals surface area (Å²) in [5.41, 5.74) is 0.785. The Balaban J connectivity index is 1.97. The van der Waals surface area contributed by atoms with Crippen molar-refractivity contribution in [1.29, 1.82) is 5.26 Å². The quantitative estimate of drug-likeness (QED) is 0.802. The first-order valence-electron chi connectivity index (χ1n) is 6.33. The number of benzene rings is 2. The number of hydrogen-bond donors (Lipinski definition) is 0. The molecule has 0 aliphatic heterocycles. The molecule has 5 heteroatoms. The Labute approximate surface area is 126 Å². The zero-order valence-electron chi connectivity index (χ0n) is 11.0. The first-order valence-corrected chi connectivity index (χ1v) is 6.71. The van der Waals surface area contributed by atoms with E-state index in [4.69, 9.17) is 16.3 Å². The average molecular weight is 308 g/mol. The van der Waals surface area contributed by atoms with E-state index in [-0.39, 0.29) is 12.4 Å². The zero-order chi connectivity index (χ0) is 15.2. The fraction of sp³-hybridized carbons (Fsp3) is 0.188. The second-order valence-corrected chi connectivity index (χ2v) is 4.89. The molecule has 0 aliphatic rings. The van der Waals surface area contributed by atoms with Crippen LogP contribution in [0, 0.1) is 23.0 Å². The summed E-state index contributed by atoms with van der Waals surface area (Å²) in [6, 6.07) is 12.3. The van der Waals surface area contributed by atoms with Crippen molar-refractivity contribution in [2.24, 2.45) is 0 Å². The fourth-order valence-corrected chi connectivity index (χ4v) is 2.11. The molecule has 0 saturated carbocycles. The molecule has 1 unspecified atom stereocenters. The summed E-state index contributed by atoms with van der Waals surface area (Å²) in [5.74, 6) is -1.84. The smallest absolute Gasteiger partial charge is 0.167 e. The van der Waals surface area contributed by atoms with E-state index in [2.05, 4.69) is 6.07 Å². The topological polar surface area (TPSA) is 33.0 Å². The molecule has 0 radical (unpaired) electrons. The Morgan fingerprint density at radius 2 is 2.00 bits per heavy atom. The van der Waals surface area contributed by atoms with Gasteiger partial charge in [0.15, 0.2) is 11.6 Å². The van der Waals surface area contributed by atoms with Crippen molar-refractivity contribution in [2.45, 2.75) is 12.3 Å². The molecule has 2 aromatic carbocycles. The predicted octanol–water partition coefficient (Wildman–Crippen LogP) is 4.69. The van der Waals surface area contributed by atoms with Crippen molar-refractivity contribution >= 4 is 11.6 Å². The summed E-state index contributed by atoms with van der Waals surface area (Å²) in [5, 5.41) is 9.74. The Morgan fingerprint density at radius 3 is 2.67 bits per heavy atom. The molecule has 2 nitrogen and oxygen atoms in total. The van der Waals surface area contributed by atoms with E-state index in [1.165, 1.54) is 6.07 Å². The lowest BCUT2D eigenvalue weighted by Gasteiger charge is -2.11. The van der Waals surface area contributed by atoms with E-state index >= 15 is 0 Å². The van der Waals surface area contributed by atoms with E-state index in [0.29, 0.717) is 11.4 Å². The second kappa shape index (κ2) is 7.05. The van der Waals surface area contributed by atoms with Gasteiger partial charge in [-0.05, 0) is 29.8 Å². The van der Waals surface area contributed by atoms with Crippen molar-refractivity contribution in [1.82, 2.24) is 0 Å². The molecular formula is C16H12ClF2NO. The Bertz CT molecular complexity index is 670. The third-order valence-corrected chi connectivity index (χ3v) is 3.20. The van der Waals surface area contributed by atoms with Crippen LogP contribution in [0.5, 0.6) is 5.75 Å². The molecule has 108 valence electrons. The Hall–Kier alpha value is -2.12. The summed E-state index contributed by atoms with van der Waals surface area (Å²) >= 11 is 5.89. The van der Waals surface area contributed by atoms with Gasteiger partial charge in [0.2, 0.25) is 0 Å². The van der Waals surface area contributed by atoms with Crippen LogP contribution in [0.1, 0.15) is 17.9 Å². The largest absolute Gasteiger partial charge is 0.490 e.